The van der Waals surface area contributed by atoms with Gasteiger partial charge in [0.05, 0.1) is 5.69 Å². The molecular formula is C26H32N4O2. The number of aromatic amines is 1. The van der Waals surface area contributed by atoms with Crippen LogP contribution in [0, 0.1) is 0 Å². The number of hydrogen-bond acceptors (Lipinski definition) is 5. The van der Waals surface area contributed by atoms with E-state index in [1.807, 2.05) is 18.2 Å². The number of rotatable bonds is 5. The minimum absolute atomic E-state index is 0.239. The zero-order chi connectivity index (χ0) is 21.7. The van der Waals surface area contributed by atoms with Crippen molar-refractivity contribution in [2.75, 3.05) is 26.3 Å². The number of phenols is 1. The maximum absolute atomic E-state index is 10.4. The molecular weight excluding hydrogens is 400 g/mol. The van der Waals surface area contributed by atoms with Crippen LogP contribution < -0.4 is 0 Å². The first kappa shape index (κ1) is 20.2. The highest BCUT2D eigenvalue weighted by molar-refractivity contribution is 5.86. The second-order valence-electron chi connectivity index (χ2n) is 10.0. The van der Waals surface area contributed by atoms with Crippen LogP contribution in [-0.4, -0.2) is 57.0 Å². The van der Waals surface area contributed by atoms with E-state index in [0.29, 0.717) is 17.4 Å². The van der Waals surface area contributed by atoms with E-state index in [1.165, 1.54) is 43.5 Å². The van der Waals surface area contributed by atoms with Crippen molar-refractivity contribution in [1.29, 1.82) is 0 Å². The number of H-pyrrole nitrogens is 1. The Morgan fingerprint density at radius 2 is 2.00 bits per heavy atom. The Balaban J connectivity index is 1.42. The predicted molar refractivity (Wildman–Crippen MR) is 125 cm³/mol. The lowest BCUT2D eigenvalue weighted by atomic mass is 9.67. The van der Waals surface area contributed by atoms with Crippen LogP contribution in [0.5, 0.6) is 5.75 Å². The number of phenolic OH excluding ortho intramolecular Hbond substituents is 1. The number of likely N-dealkylation sites (tertiary alicyclic amines) is 1. The van der Waals surface area contributed by atoms with Gasteiger partial charge in [0, 0.05) is 54.4 Å². The second kappa shape index (κ2) is 7.85. The molecule has 1 spiro atoms. The molecule has 1 aromatic carbocycles. The van der Waals surface area contributed by atoms with Gasteiger partial charge in [0.1, 0.15) is 5.75 Å². The van der Waals surface area contributed by atoms with Crippen LogP contribution in [0.4, 0.5) is 0 Å². The van der Waals surface area contributed by atoms with Gasteiger partial charge < -0.3 is 14.8 Å². The Bertz CT molecular complexity index is 1120. The van der Waals surface area contributed by atoms with Crippen molar-refractivity contribution < 1.29 is 9.84 Å². The Kier molecular flexibility index (Phi) is 4.95. The second-order valence-corrected chi connectivity index (χ2v) is 10.0. The lowest BCUT2D eigenvalue weighted by molar-refractivity contribution is -0.0749. The fourth-order valence-electron chi connectivity index (χ4n) is 6.13. The molecule has 4 heterocycles. The maximum atomic E-state index is 10.4. The van der Waals surface area contributed by atoms with Crippen LogP contribution in [-0.2, 0) is 4.74 Å². The van der Waals surface area contributed by atoms with E-state index in [1.54, 1.807) is 6.07 Å². The third-order valence-corrected chi connectivity index (χ3v) is 8.23. The van der Waals surface area contributed by atoms with Crippen LogP contribution in [0.2, 0.25) is 0 Å². The number of benzene rings is 1. The number of fused-ring (bicyclic) bond motifs is 1. The molecule has 3 fully saturated rings. The molecule has 2 aliphatic heterocycles. The smallest absolute Gasteiger partial charge is 0.160 e. The van der Waals surface area contributed by atoms with Crippen LogP contribution in [0.3, 0.4) is 0 Å². The third kappa shape index (κ3) is 3.23. The summed E-state index contributed by atoms with van der Waals surface area (Å²) in [4.78, 5) is 6.38. The summed E-state index contributed by atoms with van der Waals surface area (Å²) >= 11 is 0. The fraction of sp³-hybridized carbons (Fsp3) is 0.538. The van der Waals surface area contributed by atoms with Crippen molar-refractivity contribution in [2.45, 2.75) is 62.8 Å². The SMILES string of the molecule is C[C@H](CN1CCC12CCC2)c1c(C2CCOCC2)[nH]c2nnc(-c3ccccc3O)cc12. The molecule has 6 heteroatoms. The Hall–Kier alpha value is -2.44. The van der Waals surface area contributed by atoms with E-state index < -0.39 is 0 Å². The minimum Gasteiger partial charge on any atom is -0.507 e. The van der Waals surface area contributed by atoms with E-state index in [9.17, 15) is 5.11 Å². The topological polar surface area (TPSA) is 74.3 Å². The number of ether oxygens (including phenoxy) is 1. The Morgan fingerprint density at radius 1 is 1.19 bits per heavy atom. The molecule has 2 saturated heterocycles. The van der Waals surface area contributed by atoms with Gasteiger partial charge in [-0.3, -0.25) is 4.90 Å². The summed E-state index contributed by atoms with van der Waals surface area (Å²) in [6.07, 6.45) is 7.56. The molecule has 168 valence electrons. The van der Waals surface area contributed by atoms with Crippen molar-refractivity contribution >= 4 is 11.0 Å². The summed E-state index contributed by atoms with van der Waals surface area (Å²) in [5.41, 5.74) is 5.52. The van der Waals surface area contributed by atoms with Gasteiger partial charge in [-0.05, 0) is 68.2 Å². The summed E-state index contributed by atoms with van der Waals surface area (Å²) in [6, 6.07) is 9.49. The molecule has 3 aromatic rings. The summed E-state index contributed by atoms with van der Waals surface area (Å²) in [7, 11) is 0. The van der Waals surface area contributed by atoms with Gasteiger partial charge in [-0.15, -0.1) is 10.2 Å². The van der Waals surface area contributed by atoms with E-state index in [2.05, 4.69) is 33.1 Å². The molecule has 6 nitrogen and oxygen atoms in total. The quantitative estimate of drug-likeness (QED) is 0.596. The van der Waals surface area contributed by atoms with Gasteiger partial charge >= 0.3 is 0 Å². The Labute approximate surface area is 189 Å². The van der Waals surface area contributed by atoms with Crippen LogP contribution in [0.1, 0.15) is 68.5 Å². The highest BCUT2D eigenvalue weighted by Gasteiger charge is 2.49. The molecule has 2 aromatic heterocycles. The molecule has 6 rings (SSSR count). The summed E-state index contributed by atoms with van der Waals surface area (Å²) in [5.74, 6) is 1.11. The van der Waals surface area contributed by atoms with Crippen molar-refractivity contribution in [2.24, 2.45) is 0 Å². The molecule has 2 N–H and O–H groups in total. The highest BCUT2D eigenvalue weighted by Crippen LogP contribution is 2.48. The van der Waals surface area contributed by atoms with Crippen molar-refractivity contribution in [3.05, 3.63) is 41.6 Å². The predicted octanol–water partition coefficient (Wildman–Crippen LogP) is 4.96. The number of hydrogen-bond donors (Lipinski definition) is 2. The molecule has 1 saturated carbocycles. The number of aromatic nitrogens is 3. The molecule has 1 atom stereocenters. The summed E-state index contributed by atoms with van der Waals surface area (Å²) < 4.78 is 5.65. The number of aromatic hydroxyl groups is 1. The van der Waals surface area contributed by atoms with Crippen molar-refractivity contribution in [3.63, 3.8) is 0 Å². The fourth-order valence-corrected chi connectivity index (χ4v) is 6.13. The van der Waals surface area contributed by atoms with Gasteiger partial charge in [0.25, 0.3) is 0 Å². The monoisotopic (exact) mass is 432 g/mol. The van der Waals surface area contributed by atoms with Crippen LogP contribution in [0.25, 0.3) is 22.3 Å². The Morgan fingerprint density at radius 3 is 2.69 bits per heavy atom. The standard InChI is InChI=1S/C26H32N4O2/c1-17(16-30-12-11-26(30)9-4-10-26)23-20-15-21(19-5-2-3-6-22(19)31)28-29-25(20)27-24(23)18-7-13-32-14-8-18/h2-3,5-6,15,17-18,31H,4,7-14,16H2,1H3,(H,27,29)/t17-/m1/s1. The average Bonchev–Trinajstić information content (AvgIpc) is 3.15. The molecule has 0 bridgehead atoms. The van der Waals surface area contributed by atoms with Gasteiger partial charge in [0.2, 0.25) is 0 Å². The average molecular weight is 433 g/mol. The molecule has 0 radical (unpaired) electrons. The lowest BCUT2D eigenvalue weighted by Crippen LogP contribution is -2.64. The zero-order valence-electron chi connectivity index (χ0n) is 18.8. The van der Waals surface area contributed by atoms with Crippen LogP contribution >= 0.6 is 0 Å². The van der Waals surface area contributed by atoms with Gasteiger partial charge in [-0.2, -0.15) is 0 Å². The number of para-hydroxylation sites is 1. The minimum atomic E-state index is 0.239. The molecule has 3 aliphatic rings. The maximum Gasteiger partial charge on any atom is 0.160 e. The van der Waals surface area contributed by atoms with Crippen molar-refractivity contribution in [1.82, 2.24) is 20.1 Å². The normalized spacial score (nSPS) is 22.0. The van der Waals surface area contributed by atoms with E-state index in [4.69, 9.17) is 4.74 Å². The zero-order valence-corrected chi connectivity index (χ0v) is 18.8. The van der Waals surface area contributed by atoms with Gasteiger partial charge in [-0.1, -0.05) is 19.1 Å². The summed E-state index contributed by atoms with van der Waals surface area (Å²) in [6.45, 7) is 6.33. The molecule has 0 amide bonds. The van der Waals surface area contributed by atoms with E-state index in [0.717, 1.165) is 54.9 Å². The first-order valence-corrected chi connectivity index (χ1v) is 12.1. The highest BCUT2D eigenvalue weighted by atomic mass is 16.5. The first-order chi connectivity index (χ1) is 15.6. The van der Waals surface area contributed by atoms with Gasteiger partial charge in [0.15, 0.2) is 5.65 Å². The molecule has 0 unspecified atom stereocenters. The van der Waals surface area contributed by atoms with Crippen LogP contribution in [0.15, 0.2) is 30.3 Å². The number of nitrogens with zero attached hydrogens (tertiary/aromatic N) is 3. The van der Waals surface area contributed by atoms with E-state index >= 15 is 0 Å². The summed E-state index contributed by atoms with van der Waals surface area (Å²) in [5, 5.41) is 20.5. The third-order valence-electron chi connectivity index (χ3n) is 8.23. The van der Waals surface area contributed by atoms with E-state index in [-0.39, 0.29) is 5.75 Å². The van der Waals surface area contributed by atoms with Crippen molar-refractivity contribution in [3.8, 4) is 17.0 Å². The van der Waals surface area contributed by atoms with Gasteiger partial charge in [-0.25, -0.2) is 0 Å². The largest absolute Gasteiger partial charge is 0.507 e. The molecule has 32 heavy (non-hydrogen) atoms. The lowest BCUT2D eigenvalue weighted by Gasteiger charge is -2.59. The molecule has 1 aliphatic carbocycles. The first-order valence-electron chi connectivity index (χ1n) is 12.1. The number of nitrogens with one attached hydrogen (secondary N) is 1.